The van der Waals surface area contributed by atoms with Crippen molar-refractivity contribution in [3.05, 3.63) is 100 Å². The molecule has 0 bridgehead atoms. The van der Waals surface area contributed by atoms with Gasteiger partial charge < -0.3 is 21.0 Å². The van der Waals surface area contributed by atoms with E-state index in [0.717, 1.165) is 34.3 Å². The molecule has 288 valence electrons. The summed E-state index contributed by atoms with van der Waals surface area (Å²) in [5, 5.41) is 13.0. The van der Waals surface area contributed by atoms with E-state index in [1.54, 1.807) is 6.92 Å². The van der Waals surface area contributed by atoms with Crippen LogP contribution in [-0.2, 0) is 9.63 Å². The van der Waals surface area contributed by atoms with Gasteiger partial charge in [0.25, 0.3) is 6.73 Å². The number of halogens is 3. The molecule has 1 aliphatic carbocycles. The monoisotopic (exact) mass is 736 g/mol. The lowest BCUT2D eigenvalue weighted by Gasteiger charge is -2.21. The van der Waals surface area contributed by atoms with Crippen molar-refractivity contribution in [2.75, 3.05) is 32.2 Å². The summed E-state index contributed by atoms with van der Waals surface area (Å²) in [5.41, 5.74) is 13.3. The number of carbonyl (C=O) groups is 1. The second kappa shape index (κ2) is 20.0. The lowest BCUT2D eigenvalue weighted by Crippen LogP contribution is -2.27. The number of rotatable bonds is 9. The summed E-state index contributed by atoms with van der Waals surface area (Å²) in [4.78, 5) is 22.9. The van der Waals surface area contributed by atoms with Gasteiger partial charge in [0.1, 0.15) is 24.8 Å². The minimum atomic E-state index is -1.14. The predicted molar refractivity (Wildman–Crippen MR) is 213 cm³/mol. The van der Waals surface area contributed by atoms with Crippen LogP contribution in [0.1, 0.15) is 88.2 Å². The number of pyridine rings is 1. The Labute approximate surface area is 313 Å². The van der Waals surface area contributed by atoms with Crippen LogP contribution in [0.5, 0.6) is 5.75 Å². The van der Waals surface area contributed by atoms with Crippen molar-refractivity contribution < 1.29 is 27.9 Å². The van der Waals surface area contributed by atoms with Crippen molar-refractivity contribution in [1.29, 1.82) is 0 Å². The number of benzene rings is 3. The van der Waals surface area contributed by atoms with Crippen LogP contribution < -0.4 is 15.7 Å². The first kappa shape index (κ1) is 44.6. The first-order valence-electron chi connectivity index (χ1n) is 18.2. The molecule has 2 heterocycles. The fourth-order valence-corrected chi connectivity index (χ4v) is 5.91. The molecule has 8 nitrogen and oxygen atoms in total. The Morgan fingerprint density at radius 3 is 2.15 bits per heavy atom. The Bertz CT molecular complexity index is 1830. The van der Waals surface area contributed by atoms with E-state index in [2.05, 4.69) is 16.4 Å². The standard InChI is InChI=1S/C23H23F2N3O2.C14H19FN2.2C2H6.CH2O/c1-3-28(13-30-28)21-11-20(17(12-26)15-7-5-4-6-8-15)27-23(14(21)2)16-9-22(29)19(25)10-18(16)24;1-9-7-10(2)13(12(8-9)16-4)17-11(3)14(15)5-6-14;3*1-2/h4-11,17H,3,12-13,26H2,1-2H3;7-8,16H,5-6H2,1-4H3;2*1-2H3;1H2/p+1. The van der Waals surface area contributed by atoms with Crippen molar-refractivity contribution in [1.82, 2.24) is 9.63 Å². The first-order valence-corrected chi connectivity index (χ1v) is 18.2. The predicted octanol–water partition coefficient (Wildman–Crippen LogP) is 10.2. The Kier molecular flexibility index (Phi) is 16.8. The molecule has 0 spiro atoms. The molecule has 1 saturated carbocycles. The van der Waals surface area contributed by atoms with Crippen LogP contribution in [0.15, 0.2) is 65.7 Å². The zero-order chi connectivity index (χ0) is 40.1. The summed E-state index contributed by atoms with van der Waals surface area (Å²) in [7, 11) is 1.87. The van der Waals surface area contributed by atoms with Gasteiger partial charge in [0, 0.05) is 42.8 Å². The van der Waals surface area contributed by atoms with Gasteiger partial charge in [-0.1, -0.05) is 64.1 Å². The molecule has 2 atom stereocenters. The Morgan fingerprint density at radius 2 is 1.64 bits per heavy atom. The van der Waals surface area contributed by atoms with E-state index in [-0.39, 0.29) is 11.5 Å². The molecule has 1 saturated heterocycles. The van der Waals surface area contributed by atoms with E-state index in [0.29, 0.717) is 66.0 Å². The van der Waals surface area contributed by atoms with Crippen LogP contribution in [-0.4, -0.2) is 55.1 Å². The van der Waals surface area contributed by atoms with Crippen LogP contribution in [0, 0.1) is 32.4 Å². The number of hydrogen-bond donors (Lipinski definition) is 3. The molecular weight excluding hydrogens is 679 g/mol. The molecule has 11 heteroatoms. The van der Waals surface area contributed by atoms with Crippen LogP contribution >= 0.6 is 0 Å². The number of nitrogens with zero attached hydrogens (tertiary/aromatic N) is 3. The third-order valence-electron chi connectivity index (χ3n) is 9.07. The summed E-state index contributed by atoms with van der Waals surface area (Å²) in [6.45, 7) is 21.2. The molecule has 6 rings (SSSR count). The van der Waals surface area contributed by atoms with Gasteiger partial charge >= 0.3 is 0 Å². The number of quaternary nitrogens is 1. The average Bonchev–Trinajstić information content (AvgIpc) is 4.12. The highest BCUT2D eigenvalue weighted by Crippen LogP contribution is 2.44. The topological polar surface area (TPSA) is 113 Å². The van der Waals surface area contributed by atoms with Crippen LogP contribution in [0.4, 0.5) is 30.2 Å². The normalized spacial score (nSPS) is 16.8. The number of nitrogens with one attached hydrogen (secondary N) is 1. The maximum absolute atomic E-state index is 14.7. The summed E-state index contributed by atoms with van der Waals surface area (Å²) < 4.78 is 42.5. The number of carbonyl (C=O) groups excluding carboxylic acids is 1. The van der Waals surface area contributed by atoms with Gasteiger partial charge in [-0.3, -0.25) is 9.98 Å². The number of aliphatic imine (C=N–C) groups is 1. The summed E-state index contributed by atoms with van der Waals surface area (Å²) in [6, 6.07) is 17.6. The van der Waals surface area contributed by atoms with E-state index in [1.807, 2.05) is 112 Å². The third kappa shape index (κ3) is 10.5. The summed E-state index contributed by atoms with van der Waals surface area (Å²) >= 11 is 0. The highest BCUT2D eigenvalue weighted by atomic mass is 19.1. The zero-order valence-corrected chi connectivity index (χ0v) is 32.9. The van der Waals surface area contributed by atoms with E-state index >= 15 is 0 Å². The zero-order valence-electron chi connectivity index (χ0n) is 32.9. The molecule has 1 aliphatic heterocycles. The number of alkyl halides is 1. The van der Waals surface area contributed by atoms with Gasteiger partial charge in [-0.05, 0) is 76.3 Å². The molecule has 2 fully saturated rings. The fraction of sp³-hybridized carbons (Fsp3) is 0.405. The quantitative estimate of drug-likeness (QED) is 0.0896. The van der Waals surface area contributed by atoms with Gasteiger partial charge in [0.15, 0.2) is 17.3 Å². The number of aromatic hydroxyl groups is 1. The molecule has 4 N–H and O–H groups in total. The summed E-state index contributed by atoms with van der Waals surface area (Å²) in [5.74, 6) is -2.64. The third-order valence-corrected chi connectivity index (χ3v) is 9.07. The van der Waals surface area contributed by atoms with Gasteiger partial charge in [-0.25, -0.2) is 13.2 Å². The van der Waals surface area contributed by atoms with Crippen LogP contribution in [0.3, 0.4) is 0 Å². The minimum absolute atomic E-state index is 0.0365. The highest BCUT2D eigenvalue weighted by molar-refractivity contribution is 5.96. The van der Waals surface area contributed by atoms with Crippen molar-refractivity contribution in [3.63, 3.8) is 0 Å². The van der Waals surface area contributed by atoms with E-state index < -0.39 is 23.1 Å². The molecule has 4 aromatic rings. The molecular formula is C42H57F3N5O3+. The molecule has 3 aromatic carbocycles. The van der Waals surface area contributed by atoms with Crippen molar-refractivity contribution in [3.8, 4) is 17.0 Å². The minimum Gasteiger partial charge on any atom is -0.505 e. The Hall–Kier alpha value is -4.58. The SMILES string of the molecule is C=O.CC.CC.CC[N+]1(c2cc(C(CN)c3ccccc3)nc(-c3cc(O)c(F)cc3F)c2C)CO1.CNc1cc(C)cc(C)c1N=C(C)C1(F)CC1. The van der Waals surface area contributed by atoms with E-state index in [1.165, 1.54) is 5.56 Å². The lowest BCUT2D eigenvalue weighted by atomic mass is 9.93. The maximum atomic E-state index is 14.7. The maximum Gasteiger partial charge on any atom is 0.270 e. The van der Waals surface area contributed by atoms with Crippen molar-refractivity contribution in [2.45, 2.75) is 86.7 Å². The van der Waals surface area contributed by atoms with Gasteiger partial charge in [0.2, 0.25) is 0 Å². The molecule has 0 amide bonds. The number of nitrogens with two attached hydrogens (primary N) is 1. The second-order valence-corrected chi connectivity index (χ2v) is 12.4. The molecule has 2 aliphatic rings. The number of aryl methyl sites for hydroxylation is 2. The Morgan fingerprint density at radius 1 is 1.04 bits per heavy atom. The number of hydrogen-bond acceptors (Lipinski definition) is 7. The largest absolute Gasteiger partial charge is 0.505 e. The Balaban J connectivity index is 0.000000359. The van der Waals surface area contributed by atoms with Gasteiger partial charge in [-0.2, -0.15) is 0 Å². The van der Waals surface area contributed by atoms with Gasteiger partial charge in [0.05, 0.1) is 28.5 Å². The van der Waals surface area contributed by atoms with E-state index in [9.17, 15) is 18.3 Å². The number of anilines is 1. The second-order valence-electron chi connectivity index (χ2n) is 12.4. The molecule has 1 aromatic heterocycles. The summed E-state index contributed by atoms with van der Waals surface area (Å²) in [6.07, 6.45) is 1.23. The first-order chi connectivity index (χ1) is 25.4. The smallest absolute Gasteiger partial charge is 0.270 e. The van der Waals surface area contributed by atoms with E-state index in [4.69, 9.17) is 20.3 Å². The number of phenols is 1. The van der Waals surface area contributed by atoms with Crippen LogP contribution in [0.2, 0.25) is 0 Å². The molecule has 0 radical (unpaired) electrons. The van der Waals surface area contributed by atoms with Crippen LogP contribution in [0.25, 0.3) is 11.3 Å². The van der Waals surface area contributed by atoms with Crippen molar-refractivity contribution >= 4 is 29.6 Å². The highest BCUT2D eigenvalue weighted by Gasteiger charge is 2.49. The number of phenolic OH excluding ortho intramolecular Hbond substituents is 1. The number of hydroxylamine groups is 2. The fourth-order valence-electron chi connectivity index (χ4n) is 5.91. The lowest BCUT2D eigenvalue weighted by molar-refractivity contribution is -0.0980. The number of aromatic nitrogens is 1. The van der Waals surface area contributed by atoms with Gasteiger partial charge in [-0.15, -0.1) is 9.48 Å². The molecule has 53 heavy (non-hydrogen) atoms. The molecule has 2 unspecified atom stereocenters. The average molecular weight is 737 g/mol. The van der Waals surface area contributed by atoms with Crippen molar-refractivity contribution in [2.24, 2.45) is 10.7 Å².